The van der Waals surface area contributed by atoms with E-state index in [2.05, 4.69) is 15.1 Å². The Morgan fingerprint density at radius 3 is 2.20 bits per heavy atom. The molecule has 0 radical (unpaired) electrons. The number of aliphatic carboxylic acids is 1. The first-order chi connectivity index (χ1) is 22.3. The zero-order valence-corrected chi connectivity index (χ0v) is 26.5. The number of likely N-dealkylation sites (tertiary alicyclic amines) is 2. The number of rotatable bonds is 10. The van der Waals surface area contributed by atoms with Crippen molar-refractivity contribution in [3.05, 3.63) is 90.0 Å². The molecule has 3 aromatic rings. The van der Waals surface area contributed by atoms with Gasteiger partial charge in [0.15, 0.2) is 0 Å². The third-order valence-corrected chi connectivity index (χ3v) is 9.94. The molecule has 3 aromatic carbocycles. The van der Waals surface area contributed by atoms with E-state index >= 15 is 0 Å². The summed E-state index contributed by atoms with van der Waals surface area (Å²) in [4.78, 5) is 43.7. The van der Waals surface area contributed by atoms with Crippen molar-refractivity contribution in [2.24, 2.45) is 17.8 Å². The van der Waals surface area contributed by atoms with Gasteiger partial charge in [-0.1, -0.05) is 60.7 Å². The normalized spacial score (nSPS) is 21.9. The molecule has 2 aliphatic heterocycles. The lowest BCUT2D eigenvalue weighted by Crippen LogP contribution is -2.42. The van der Waals surface area contributed by atoms with Gasteiger partial charge in [-0.15, -0.1) is 0 Å². The molecule has 1 unspecified atom stereocenters. The first kappa shape index (κ1) is 31.8. The van der Waals surface area contributed by atoms with E-state index in [1.807, 2.05) is 85.9 Å². The van der Waals surface area contributed by atoms with Crippen LogP contribution in [0.25, 0.3) is 11.1 Å². The molecule has 3 aliphatic rings. The van der Waals surface area contributed by atoms with Crippen LogP contribution in [0.5, 0.6) is 0 Å². The van der Waals surface area contributed by atoms with Crippen LogP contribution in [0.4, 0.5) is 10.5 Å². The summed E-state index contributed by atoms with van der Waals surface area (Å²) in [6, 6.07) is 25.6. The van der Waals surface area contributed by atoms with E-state index in [1.165, 1.54) is 5.56 Å². The summed E-state index contributed by atoms with van der Waals surface area (Å²) in [5.74, 6) is 0.161. The maximum Gasteiger partial charge on any atom is 0.411 e. The van der Waals surface area contributed by atoms with Crippen LogP contribution >= 0.6 is 0 Å². The fourth-order valence-electron chi connectivity index (χ4n) is 7.36. The Labute approximate surface area is 271 Å². The van der Waals surface area contributed by atoms with Gasteiger partial charge in [-0.2, -0.15) is 0 Å². The second-order valence-corrected chi connectivity index (χ2v) is 13.1. The number of hydrogen-bond donors (Lipinski definition) is 2. The lowest BCUT2D eigenvalue weighted by molar-refractivity contribution is -0.141. The van der Waals surface area contributed by atoms with Crippen molar-refractivity contribution in [1.29, 1.82) is 0 Å². The molecule has 3 fully saturated rings. The Morgan fingerprint density at radius 1 is 0.870 bits per heavy atom. The fraction of sp³-hybridized carbons (Fsp3) is 0.432. The predicted molar refractivity (Wildman–Crippen MR) is 177 cm³/mol. The third-order valence-electron chi connectivity index (χ3n) is 9.94. The predicted octanol–water partition coefficient (Wildman–Crippen LogP) is 5.68. The molecule has 2 amide bonds. The molecular formula is C37H44N4O5. The average molecular weight is 625 g/mol. The van der Waals surface area contributed by atoms with Crippen molar-refractivity contribution >= 4 is 23.7 Å². The van der Waals surface area contributed by atoms with Gasteiger partial charge in [0.05, 0.1) is 11.6 Å². The summed E-state index contributed by atoms with van der Waals surface area (Å²) < 4.78 is 5.77. The molecule has 0 aromatic heterocycles. The SMILES string of the molecule is CN(CCN1CCC(OC(=O)Nc2ccccc2-c2ccccc2)CC1)C(=O)c1ccc(CN2C[C@H]3CC(C(=O)O)C[C@H]3C2)cc1. The molecule has 0 bridgehead atoms. The van der Waals surface area contributed by atoms with Gasteiger partial charge in [0.1, 0.15) is 6.10 Å². The van der Waals surface area contributed by atoms with Gasteiger partial charge in [-0.3, -0.25) is 19.8 Å². The molecule has 242 valence electrons. The second-order valence-electron chi connectivity index (χ2n) is 13.1. The number of likely N-dealkylation sites (N-methyl/N-ethyl adjacent to an activating group) is 1. The van der Waals surface area contributed by atoms with Crippen molar-refractivity contribution in [2.45, 2.75) is 38.3 Å². The van der Waals surface area contributed by atoms with E-state index in [0.717, 1.165) is 81.8 Å². The van der Waals surface area contributed by atoms with Crippen LogP contribution in [0.3, 0.4) is 0 Å². The number of amides is 2. The van der Waals surface area contributed by atoms with Crippen LogP contribution in [-0.2, 0) is 16.1 Å². The number of carboxylic acid groups (broad SMARTS) is 1. The highest BCUT2D eigenvalue weighted by Crippen LogP contribution is 2.42. The lowest BCUT2D eigenvalue weighted by atomic mass is 10.0. The van der Waals surface area contributed by atoms with Crippen molar-refractivity contribution in [3.63, 3.8) is 0 Å². The Morgan fingerprint density at radius 2 is 1.52 bits per heavy atom. The number of piperidine rings is 1. The van der Waals surface area contributed by atoms with E-state index in [-0.39, 0.29) is 17.9 Å². The van der Waals surface area contributed by atoms with E-state index in [1.54, 1.807) is 4.90 Å². The Balaban J connectivity index is 0.899. The van der Waals surface area contributed by atoms with Gasteiger partial charge < -0.3 is 19.6 Å². The fourth-order valence-corrected chi connectivity index (χ4v) is 7.36. The van der Waals surface area contributed by atoms with E-state index in [0.29, 0.717) is 23.9 Å². The molecule has 6 rings (SSSR count). The van der Waals surface area contributed by atoms with E-state index in [9.17, 15) is 19.5 Å². The minimum absolute atomic E-state index is 0.00708. The molecule has 2 N–H and O–H groups in total. The van der Waals surface area contributed by atoms with Crippen LogP contribution in [-0.4, -0.2) is 90.2 Å². The first-order valence-electron chi connectivity index (χ1n) is 16.5. The Hall–Kier alpha value is -4.21. The number of para-hydroxylation sites is 1. The molecule has 1 aliphatic carbocycles. The number of carbonyl (C=O) groups excluding carboxylic acids is 2. The molecule has 9 nitrogen and oxygen atoms in total. The topological polar surface area (TPSA) is 102 Å². The van der Waals surface area contributed by atoms with Crippen LogP contribution in [0, 0.1) is 17.8 Å². The summed E-state index contributed by atoms with van der Waals surface area (Å²) >= 11 is 0. The van der Waals surface area contributed by atoms with E-state index < -0.39 is 12.1 Å². The number of nitrogens with zero attached hydrogens (tertiary/aromatic N) is 3. The van der Waals surface area contributed by atoms with Crippen molar-refractivity contribution in [3.8, 4) is 11.1 Å². The average Bonchev–Trinajstić information content (AvgIpc) is 3.64. The number of carbonyl (C=O) groups is 3. The number of hydrogen-bond acceptors (Lipinski definition) is 6. The molecule has 2 saturated heterocycles. The van der Waals surface area contributed by atoms with E-state index in [4.69, 9.17) is 4.74 Å². The number of anilines is 1. The van der Waals surface area contributed by atoms with Crippen LogP contribution in [0.15, 0.2) is 78.9 Å². The van der Waals surface area contributed by atoms with Crippen molar-refractivity contribution in [2.75, 3.05) is 51.6 Å². The quantitative estimate of drug-likeness (QED) is 0.299. The molecule has 0 spiro atoms. The Bertz CT molecular complexity index is 1490. The maximum absolute atomic E-state index is 13.1. The van der Waals surface area contributed by atoms with Crippen LogP contribution in [0.1, 0.15) is 41.6 Å². The van der Waals surface area contributed by atoms with Gasteiger partial charge in [-0.05, 0) is 66.8 Å². The number of fused-ring (bicyclic) bond motifs is 1. The molecule has 3 atom stereocenters. The molecular weight excluding hydrogens is 580 g/mol. The Kier molecular flexibility index (Phi) is 10.00. The highest BCUT2D eigenvalue weighted by molar-refractivity contribution is 5.94. The number of ether oxygens (including phenoxy) is 1. The third kappa shape index (κ3) is 7.77. The van der Waals surface area contributed by atoms with Gasteiger partial charge >= 0.3 is 12.1 Å². The largest absolute Gasteiger partial charge is 0.481 e. The summed E-state index contributed by atoms with van der Waals surface area (Å²) in [6.45, 7) is 5.75. The number of carboxylic acids is 1. The molecule has 2 heterocycles. The summed E-state index contributed by atoms with van der Waals surface area (Å²) in [5.41, 5.74) is 4.57. The zero-order chi connectivity index (χ0) is 32.0. The van der Waals surface area contributed by atoms with Gasteiger partial charge in [0.2, 0.25) is 0 Å². The zero-order valence-electron chi connectivity index (χ0n) is 26.5. The summed E-state index contributed by atoms with van der Waals surface area (Å²) in [7, 11) is 1.84. The smallest absolute Gasteiger partial charge is 0.411 e. The highest BCUT2D eigenvalue weighted by Gasteiger charge is 2.43. The standard InChI is InChI=1S/C37H44N4O5/c1-39(35(42)28-13-11-26(12-14-28)23-41-24-30-21-29(36(43)44)22-31(30)25-41)19-20-40-17-15-32(16-18-40)46-37(45)38-34-10-6-5-9-33(34)27-7-3-2-4-8-27/h2-14,29-32H,15-25H2,1H3,(H,38,45)(H,43,44)/t29?,30-,31+. The minimum atomic E-state index is -0.649. The number of benzene rings is 3. The summed E-state index contributed by atoms with van der Waals surface area (Å²) in [6.07, 6.45) is 2.53. The maximum atomic E-state index is 13.1. The summed E-state index contributed by atoms with van der Waals surface area (Å²) in [5, 5.41) is 12.3. The lowest BCUT2D eigenvalue weighted by Gasteiger charge is -2.32. The molecule has 46 heavy (non-hydrogen) atoms. The van der Waals surface area contributed by atoms with Crippen molar-refractivity contribution in [1.82, 2.24) is 14.7 Å². The first-order valence-corrected chi connectivity index (χ1v) is 16.5. The van der Waals surface area contributed by atoms with Gasteiger partial charge in [0, 0.05) is 64.0 Å². The van der Waals surface area contributed by atoms with Gasteiger partial charge in [0.25, 0.3) is 5.91 Å². The van der Waals surface area contributed by atoms with Gasteiger partial charge in [-0.25, -0.2) is 4.79 Å². The highest BCUT2D eigenvalue weighted by atomic mass is 16.6. The van der Waals surface area contributed by atoms with Crippen molar-refractivity contribution < 1.29 is 24.2 Å². The molecule has 9 heteroatoms. The second kappa shape index (κ2) is 14.5. The minimum Gasteiger partial charge on any atom is -0.481 e. The molecule has 1 saturated carbocycles. The monoisotopic (exact) mass is 624 g/mol. The van der Waals surface area contributed by atoms with Crippen LogP contribution < -0.4 is 5.32 Å². The van der Waals surface area contributed by atoms with Crippen LogP contribution in [0.2, 0.25) is 0 Å². The number of nitrogens with one attached hydrogen (secondary N) is 1.